The number of rotatable bonds is 2. The molecule has 25 heavy (non-hydrogen) atoms. The average molecular weight is 336 g/mol. The van der Waals surface area contributed by atoms with Gasteiger partial charge in [-0.25, -0.2) is 4.52 Å². The molecule has 0 bridgehead atoms. The lowest BCUT2D eigenvalue weighted by atomic mass is 9.77. The Bertz CT molecular complexity index is 987. The van der Waals surface area contributed by atoms with Crippen LogP contribution in [0.1, 0.15) is 42.1 Å². The van der Waals surface area contributed by atoms with Crippen LogP contribution in [0.15, 0.2) is 24.3 Å². The van der Waals surface area contributed by atoms with Crippen LogP contribution in [-0.4, -0.2) is 32.7 Å². The van der Waals surface area contributed by atoms with Gasteiger partial charge in [0.2, 0.25) is 0 Å². The largest absolute Gasteiger partial charge is 0.497 e. The van der Waals surface area contributed by atoms with Gasteiger partial charge in [-0.2, -0.15) is 5.10 Å². The van der Waals surface area contributed by atoms with E-state index in [2.05, 4.69) is 29.1 Å². The molecule has 0 unspecified atom stereocenters. The minimum Gasteiger partial charge on any atom is -0.497 e. The van der Waals surface area contributed by atoms with E-state index in [1.54, 1.807) is 11.6 Å². The molecule has 2 aromatic heterocycles. The first-order valence-corrected chi connectivity index (χ1v) is 8.32. The van der Waals surface area contributed by atoms with Gasteiger partial charge in [0.15, 0.2) is 17.1 Å². The molecule has 6 heteroatoms. The normalized spacial score (nSPS) is 16.1. The van der Waals surface area contributed by atoms with Gasteiger partial charge in [0.1, 0.15) is 5.75 Å². The van der Waals surface area contributed by atoms with Gasteiger partial charge in [0.25, 0.3) is 0 Å². The number of aryl methyl sites for hydroxylation is 1. The van der Waals surface area contributed by atoms with E-state index in [9.17, 15) is 4.79 Å². The van der Waals surface area contributed by atoms with Crippen LogP contribution in [0, 0.1) is 12.3 Å². The lowest BCUT2D eigenvalue weighted by molar-refractivity contribution is 0.0901. The third kappa shape index (κ3) is 2.49. The maximum atomic E-state index is 12.4. The molecule has 0 saturated heterocycles. The van der Waals surface area contributed by atoms with Crippen molar-refractivity contribution in [3.63, 3.8) is 0 Å². The fraction of sp³-hybridized carbons (Fsp3) is 0.368. The molecule has 128 valence electrons. The molecule has 1 aliphatic carbocycles. The van der Waals surface area contributed by atoms with Crippen molar-refractivity contribution in [2.45, 2.75) is 33.6 Å². The molecule has 3 aromatic rings. The van der Waals surface area contributed by atoms with E-state index in [1.165, 1.54) is 0 Å². The van der Waals surface area contributed by atoms with E-state index in [1.807, 2.05) is 31.2 Å². The fourth-order valence-electron chi connectivity index (χ4n) is 3.56. The van der Waals surface area contributed by atoms with Crippen LogP contribution in [0.25, 0.3) is 16.8 Å². The van der Waals surface area contributed by atoms with E-state index >= 15 is 0 Å². The van der Waals surface area contributed by atoms with Crippen molar-refractivity contribution in [2.24, 2.45) is 5.41 Å². The zero-order chi connectivity index (χ0) is 17.8. The number of hydrogen-bond acceptors (Lipinski definition) is 5. The number of benzene rings is 1. The van der Waals surface area contributed by atoms with Gasteiger partial charge < -0.3 is 4.74 Å². The smallest absolute Gasteiger partial charge is 0.185 e. The van der Waals surface area contributed by atoms with Crippen molar-refractivity contribution in [3.05, 3.63) is 41.3 Å². The van der Waals surface area contributed by atoms with Crippen molar-refractivity contribution >= 4 is 11.4 Å². The summed E-state index contributed by atoms with van der Waals surface area (Å²) in [5.74, 6) is 0.841. The van der Waals surface area contributed by atoms with Crippen LogP contribution in [0.5, 0.6) is 5.75 Å². The Morgan fingerprint density at radius 1 is 1.12 bits per heavy atom. The second-order valence-electron chi connectivity index (χ2n) is 7.36. The lowest BCUT2D eigenvalue weighted by Gasteiger charge is -2.29. The molecule has 0 spiro atoms. The number of aromatic nitrogens is 4. The number of methoxy groups -OCH3 is 1. The van der Waals surface area contributed by atoms with E-state index < -0.39 is 0 Å². The second-order valence-corrected chi connectivity index (χ2v) is 7.36. The van der Waals surface area contributed by atoms with Crippen molar-refractivity contribution in [2.75, 3.05) is 7.11 Å². The minimum atomic E-state index is -0.0970. The Morgan fingerprint density at radius 2 is 1.84 bits per heavy atom. The van der Waals surface area contributed by atoms with Gasteiger partial charge in [0, 0.05) is 6.42 Å². The molecule has 0 atom stereocenters. The van der Waals surface area contributed by atoms with Crippen molar-refractivity contribution < 1.29 is 9.53 Å². The minimum absolute atomic E-state index is 0.0415. The summed E-state index contributed by atoms with van der Waals surface area (Å²) < 4.78 is 7.03. The monoisotopic (exact) mass is 336 g/mol. The second kappa shape index (κ2) is 5.37. The molecule has 0 aliphatic heterocycles. The van der Waals surface area contributed by atoms with E-state index in [0.29, 0.717) is 17.8 Å². The summed E-state index contributed by atoms with van der Waals surface area (Å²) in [6, 6.07) is 7.80. The molecule has 1 aliphatic rings. The van der Waals surface area contributed by atoms with Crippen LogP contribution in [-0.2, 0) is 6.42 Å². The maximum Gasteiger partial charge on any atom is 0.185 e. The lowest BCUT2D eigenvalue weighted by Crippen LogP contribution is -2.30. The maximum absolute atomic E-state index is 12.4. The standard InChI is InChI=1S/C19H20N4O2/c1-11-16(12-5-7-13(25-4)8-6-12)18-21-20-17-14(23(18)22-11)9-19(2,3)10-15(17)24/h5-8H,9-10H2,1-4H3. The summed E-state index contributed by atoms with van der Waals surface area (Å²) in [6.45, 7) is 6.15. The first-order chi connectivity index (χ1) is 11.9. The molecule has 0 amide bonds. The molecule has 0 saturated carbocycles. The van der Waals surface area contributed by atoms with Gasteiger partial charge in [-0.15, -0.1) is 10.2 Å². The molecule has 1 aromatic carbocycles. The third-order valence-electron chi connectivity index (χ3n) is 4.74. The number of Topliss-reactive ketones (excluding diaryl/α,β-unsaturated/α-hetero) is 1. The molecular formula is C19H20N4O2. The number of hydrogen-bond donors (Lipinski definition) is 0. The number of carbonyl (C=O) groups excluding carboxylic acids is 1. The van der Waals surface area contributed by atoms with Gasteiger partial charge in [-0.3, -0.25) is 4.79 Å². The topological polar surface area (TPSA) is 69.4 Å². The Kier molecular flexibility index (Phi) is 3.39. The Balaban J connectivity index is 1.93. The molecule has 0 radical (unpaired) electrons. The first-order valence-electron chi connectivity index (χ1n) is 8.32. The summed E-state index contributed by atoms with van der Waals surface area (Å²) >= 11 is 0. The predicted molar refractivity (Wildman–Crippen MR) is 93.9 cm³/mol. The zero-order valence-corrected chi connectivity index (χ0v) is 14.8. The SMILES string of the molecule is COc1ccc(-c2c(C)nn3c4c(nnc23)C(=O)CC(C)(C)C4)cc1. The molecule has 4 rings (SSSR count). The van der Waals surface area contributed by atoms with E-state index in [-0.39, 0.29) is 11.2 Å². The van der Waals surface area contributed by atoms with Crippen LogP contribution >= 0.6 is 0 Å². The molecular weight excluding hydrogens is 316 g/mol. The van der Waals surface area contributed by atoms with Gasteiger partial charge in [-0.05, 0) is 36.5 Å². The Labute approximate surface area is 145 Å². The fourth-order valence-corrected chi connectivity index (χ4v) is 3.56. The number of ether oxygens (including phenoxy) is 1. The van der Waals surface area contributed by atoms with Crippen molar-refractivity contribution in [3.8, 4) is 16.9 Å². The van der Waals surface area contributed by atoms with Crippen molar-refractivity contribution in [1.82, 2.24) is 19.8 Å². The zero-order valence-electron chi connectivity index (χ0n) is 14.8. The molecule has 6 nitrogen and oxygen atoms in total. The first kappa shape index (κ1) is 15.7. The Morgan fingerprint density at radius 3 is 2.52 bits per heavy atom. The highest BCUT2D eigenvalue weighted by molar-refractivity contribution is 5.97. The van der Waals surface area contributed by atoms with Crippen LogP contribution in [0.4, 0.5) is 0 Å². The summed E-state index contributed by atoms with van der Waals surface area (Å²) in [4.78, 5) is 12.4. The van der Waals surface area contributed by atoms with Gasteiger partial charge >= 0.3 is 0 Å². The number of nitrogens with zero attached hydrogens (tertiary/aromatic N) is 4. The molecule has 2 heterocycles. The molecule has 0 N–H and O–H groups in total. The summed E-state index contributed by atoms with van der Waals surface area (Å²) in [6.07, 6.45) is 1.25. The highest BCUT2D eigenvalue weighted by Gasteiger charge is 2.35. The number of ketones is 1. The third-order valence-corrected chi connectivity index (χ3v) is 4.74. The summed E-state index contributed by atoms with van der Waals surface area (Å²) in [5, 5.41) is 13.2. The van der Waals surface area contributed by atoms with Gasteiger partial charge in [-0.1, -0.05) is 26.0 Å². The average Bonchev–Trinajstić information content (AvgIpc) is 2.90. The van der Waals surface area contributed by atoms with Gasteiger partial charge in [0.05, 0.1) is 24.1 Å². The summed E-state index contributed by atoms with van der Waals surface area (Å²) in [5.41, 5.74) is 4.71. The van der Waals surface area contributed by atoms with Crippen LogP contribution in [0.3, 0.4) is 0 Å². The number of carbonyl (C=O) groups is 1. The molecule has 0 fully saturated rings. The Hall–Kier alpha value is -2.76. The van der Waals surface area contributed by atoms with E-state index in [4.69, 9.17) is 4.74 Å². The predicted octanol–water partition coefficient (Wildman–Crippen LogP) is 3.26. The van der Waals surface area contributed by atoms with E-state index in [0.717, 1.165) is 34.7 Å². The quantitative estimate of drug-likeness (QED) is 0.718. The summed E-state index contributed by atoms with van der Waals surface area (Å²) in [7, 11) is 1.64. The van der Waals surface area contributed by atoms with Crippen LogP contribution < -0.4 is 4.74 Å². The van der Waals surface area contributed by atoms with Crippen LogP contribution in [0.2, 0.25) is 0 Å². The highest BCUT2D eigenvalue weighted by Crippen LogP contribution is 2.35. The highest BCUT2D eigenvalue weighted by atomic mass is 16.5. The number of fused-ring (bicyclic) bond motifs is 3. The van der Waals surface area contributed by atoms with Crippen molar-refractivity contribution in [1.29, 1.82) is 0 Å².